The molecule has 0 amide bonds. The standard InChI is InChI=1S/C8H14O/c1-2-3-4-5-7-6-8(7)9/h7H,2-6H2,1H3. The fourth-order valence-corrected chi connectivity index (χ4v) is 1.09. The van der Waals surface area contributed by atoms with Gasteiger partial charge in [0.2, 0.25) is 0 Å². The van der Waals surface area contributed by atoms with Crippen LogP contribution in [0, 0.1) is 5.92 Å². The third-order valence-electron chi connectivity index (χ3n) is 1.90. The van der Waals surface area contributed by atoms with Crippen molar-refractivity contribution in [3.8, 4) is 0 Å². The van der Waals surface area contributed by atoms with Crippen molar-refractivity contribution in [1.82, 2.24) is 0 Å². The summed E-state index contributed by atoms with van der Waals surface area (Å²) < 4.78 is 0. The molecule has 1 saturated carbocycles. The van der Waals surface area contributed by atoms with E-state index in [0.717, 1.165) is 12.8 Å². The number of hydrogen-bond acceptors (Lipinski definition) is 1. The molecule has 52 valence electrons. The van der Waals surface area contributed by atoms with Crippen LogP contribution < -0.4 is 0 Å². The Labute approximate surface area is 56.4 Å². The number of hydrogen-bond donors (Lipinski definition) is 0. The van der Waals surface area contributed by atoms with Gasteiger partial charge in [-0.3, -0.25) is 4.79 Å². The predicted molar refractivity (Wildman–Crippen MR) is 37.3 cm³/mol. The van der Waals surface area contributed by atoms with Crippen molar-refractivity contribution in [2.24, 2.45) is 5.92 Å². The van der Waals surface area contributed by atoms with Crippen molar-refractivity contribution in [3.63, 3.8) is 0 Å². The molecule has 1 nitrogen and oxygen atoms in total. The normalized spacial score (nSPS) is 24.6. The van der Waals surface area contributed by atoms with E-state index in [9.17, 15) is 4.79 Å². The van der Waals surface area contributed by atoms with Crippen LogP contribution in [-0.2, 0) is 4.79 Å². The predicted octanol–water partition coefficient (Wildman–Crippen LogP) is 2.16. The summed E-state index contributed by atoms with van der Waals surface area (Å²) in [7, 11) is 0. The minimum Gasteiger partial charge on any atom is -0.299 e. The van der Waals surface area contributed by atoms with Gasteiger partial charge < -0.3 is 0 Å². The van der Waals surface area contributed by atoms with E-state index in [-0.39, 0.29) is 0 Å². The maximum Gasteiger partial charge on any atom is 0.137 e. The first-order chi connectivity index (χ1) is 4.34. The van der Waals surface area contributed by atoms with Gasteiger partial charge >= 0.3 is 0 Å². The van der Waals surface area contributed by atoms with Crippen LogP contribution in [0.3, 0.4) is 0 Å². The second-order valence-corrected chi connectivity index (χ2v) is 2.86. The van der Waals surface area contributed by atoms with Crippen LogP contribution >= 0.6 is 0 Å². The molecule has 1 aliphatic rings. The Bertz CT molecular complexity index is 107. The summed E-state index contributed by atoms with van der Waals surface area (Å²) in [5.41, 5.74) is 0. The zero-order chi connectivity index (χ0) is 6.69. The molecule has 0 bridgehead atoms. The molecule has 0 spiro atoms. The van der Waals surface area contributed by atoms with Gasteiger partial charge in [-0.15, -0.1) is 0 Å². The SMILES string of the molecule is CCCCCC1CC1=O. The molecular weight excluding hydrogens is 112 g/mol. The van der Waals surface area contributed by atoms with Crippen LogP contribution in [0.5, 0.6) is 0 Å². The summed E-state index contributed by atoms with van der Waals surface area (Å²) in [5.74, 6) is 0.975. The Morgan fingerprint density at radius 1 is 1.56 bits per heavy atom. The van der Waals surface area contributed by atoms with Gasteiger partial charge in [-0.1, -0.05) is 26.2 Å². The van der Waals surface area contributed by atoms with Gasteiger partial charge in [0.15, 0.2) is 0 Å². The number of Topliss-reactive ketones (excluding diaryl/α,β-unsaturated/α-hetero) is 1. The topological polar surface area (TPSA) is 17.1 Å². The van der Waals surface area contributed by atoms with Crippen molar-refractivity contribution >= 4 is 5.78 Å². The van der Waals surface area contributed by atoms with Crippen molar-refractivity contribution in [3.05, 3.63) is 0 Å². The van der Waals surface area contributed by atoms with Crippen LogP contribution in [0.25, 0.3) is 0 Å². The van der Waals surface area contributed by atoms with E-state index in [1.54, 1.807) is 0 Å². The molecule has 1 aliphatic carbocycles. The third kappa shape index (κ3) is 2.17. The van der Waals surface area contributed by atoms with Crippen molar-refractivity contribution in [2.45, 2.75) is 39.0 Å². The van der Waals surface area contributed by atoms with E-state index in [4.69, 9.17) is 0 Å². The first-order valence-corrected chi connectivity index (χ1v) is 3.87. The highest BCUT2D eigenvalue weighted by Gasteiger charge is 2.33. The van der Waals surface area contributed by atoms with E-state index >= 15 is 0 Å². The average molecular weight is 126 g/mol. The Morgan fingerprint density at radius 3 is 2.67 bits per heavy atom. The molecule has 0 heterocycles. The zero-order valence-corrected chi connectivity index (χ0v) is 6.02. The molecule has 1 rings (SSSR count). The summed E-state index contributed by atoms with van der Waals surface area (Å²) in [6.07, 6.45) is 5.86. The van der Waals surface area contributed by atoms with Crippen LogP contribution in [0.15, 0.2) is 0 Å². The minimum absolute atomic E-state index is 0.483. The first kappa shape index (κ1) is 6.79. The zero-order valence-electron chi connectivity index (χ0n) is 6.02. The highest BCUT2D eigenvalue weighted by atomic mass is 16.1. The monoisotopic (exact) mass is 126 g/mol. The van der Waals surface area contributed by atoms with E-state index < -0.39 is 0 Å². The van der Waals surface area contributed by atoms with Gasteiger partial charge in [-0.05, 0) is 6.42 Å². The molecule has 0 aromatic heterocycles. The molecule has 0 aromatic rings. The lowest BCUT2D eigenvalue weighted by Gasteiger charge is -1.91. The van der Waals surface area contributed by atoms with Gasteiger partial charge in [-0.25, -0.2) is 0 Å². The Balaban J connectivity index is 1.88. The lowest BCUT2D eigenvalue weighted by molar-refractivity contribution is -0.111. The number of ketones is 1. The molecule has 9 heavy (non-hydrogen) atoms. The molecule has 0 radical (unpaired) electrons. The van der Waals surface area contributed by atoms with Crippen LogP contribution in [0.4, 0.5) is 0 Å². The average Bonchev–Trinajstić information content (AvgIpc) is 2.48. The summed E-state index contributed by atoms with van der Waals surface area (Å²) in [6, 6.07) is 0. The molecule has 0 N–H and O–H groups in total. The van der Waals surface area contributed by atoms with E-state index in [1.807, 2.05) is 0 Å². The quantitative estimate of drug-likeness (QED) is 0.527. The van der Waals surface area contributed by atoms with Gasteiger partial charge in [0.1, 0.15) is 5.78 Å². The third-order valence-corrected chi connectivity index (χ3v) is 1.90. The molecule has 1 unspecified atom stereocenters. The Morgan fingerprint density at radius 2 is 2.22 bits per heavy atom. The van der Waals surface area contributed by atoms with Gasteiger partial charge in [-0.2, -0.15) is 0 Å². The van der Waals surface area contributed by atoms with Crippen molar-refractivity contribution in [2.75, 3.05) is 0 Å². The van der Waals surface area contributed by atoms with E-state index in [2.05, 4.69) is 6.92 Å². The number of carbonyl (C=O) groups excluding carboxylic acids is 1. The second-order valence-electron chi connectivity index (χ2n) is 2.86. The van der Waals surface area contributed by atoms with E-state index in [0.29, 0.717) is 11.7 Å². The smallest absolute Gasteiger partial charge is 0.137 e. The maximum absolute atomic E-state index is 10.5. The fraction of sp³-hybridized carbons (Fsp3) is 0.875. The van der Waals surface area contributed by atoms with Gasteiger partial charge in [0.05, 0.1) is 0 Å². The molecular formula is C8H14O. The van der Waals surface area contributed by atoms with Crippen molar-refractivity contribution in [1.29, 1.82) is 0 Å². The Hall–Kier alpha value is -0.330. The molecule has 0 aliphatic heterocycles. The molecule has 1 fully saturated rings. The molecule has 1 heteroatoms. The number of carbonyl (C=O) groups is 1. The number of unbranched alkanes of at least 4 members (excludes halogenated alkanes) is 2. The lowest BCUT2D eigenvalue weighted by atomic mass is 10.1. The summed E-state index contributed by atoms with van der Waals surface area (Å²) >= 11 is 0. The maximum atomic E-state index is 10.5. The van der Waals surface area contributed by atoms with Crippen molar-refractivity contribution < 1.29 is 4.79 Å². The minimum atomic E-state index is 0.483. The Kier molecular flexibility index (Phi) is 2.26. The molecule has 0 aromatic carbocycles. The lowest BCUT2D eigenvalue weighted by Crippen LogP contribution is -1.80. The largest absolute Gasteiger partial charge is 0.299 e. The van der Waals surface area contributed by atoms with Gasteiger partial charge in [0, 0.05) is 12.3 Å². The fourth-order valence-electron chi connectivity index (χ4n) is 1.09. The summed E-state index contributed by atoms with van der Waals surface area (Å²) in [6.45, 7) is 2.19. The second kappa shape index (κ2) is 3.00. The highest BCUT2D eigenvalue weighted by Crippen LogP contribution is 2.29. The first-order valence-electron chi connectivity index (χ1n) is 3.87. The summed E-state index contributed by atoms with van der Waals surface area (Å²) in [5, 5.41) is 0. The van der Waals surface area contributed by atoms with Crippen LogP contribution in [-0.4, -0.2) is 5.78 Å². The van der Waals surface area contributed by atoms with Gasteiger partial charge in [0.25, 0.3) is 0 Å². The van der Waals surface area contributed by atoms with E-state index in [1.165, 1.54) is 19.3 Å². The van der Waals surface area contributed by atoms with Crippen LogP contribution in [0.2, 0.25) is 0 Å². The summed E-state index contributed by atoms with van der Waals surface area (Å²) in [4.78, 5) is 10.5. The number of rotatable bonds is 4. The van der Waals surface area contributed by atoms with Crippen LogP contribution in [0.1, 0.15) is 39.0 Å². The molecule has 1 atom stereocenters. The highest BCUT2D eigenvalue weighted by molar-refractivity contribution is 5.95. The molecule has 0 saturated heterocycles.